The van der Waals surface area contributed by atoms with Crippen LogP contribution in [0.1, 0.15) is 22.3 Å². The van der Waals surface area contributed by atoms with E-state index in [0.717, 1.165) is 5.02 Å². The van der Waals surface area contributed by atoms with Gasteiger partial charge in [0.1, 0.15) is 0 Å². The van der Waals surface area contributed by atoms with Crippen LogP contribution in [0, 0.1) is 0 Å². The smallest absolute Gasteiger partial charge is 0.0728 e. The van der Waals surface area contributed by atoms with E-state index < -0.39 is 0 Å². The van der Waals surface area contributed by atoms with E-state index in [1.165, 1.54) is 42.8 Å². The number of hydrogen-bond donors (Lipinski definition) is 0. The highest BCUT2D eigenvalue weighted by molar-refractivity contribution is 7.22. The van der Waals surface area contributed by atoms with Crippen molar-refractivity contribution in [2.45, 2.75) is 5.41 Å². The summed E-state index contributed by atoms with van der Waals surface area (Å²) in [5.74, 6) is 0. The van der Waals surface area contributed by atoms with Crippen molar-refractivity contribution < 1.29 is 0 Å². The summed E-state index contributed by atoms with van der Waals surface area (Å²) in [6.07, 6.45) is 0. The minimum Gasteiger partial charge on any atom is -0.135 e. The van der Waals surface area contributed by atoms with Crippen LogP contribution < -0.4 is 0 Å². The molecule has 0 aliphatic heterocycles. The van der Waals surface area contributed by atoms with Gasteiger partial charge in [0.2, 0.25) is 0 Å². The van der Waals surface area contributed by atoms with Crippen molar-refractivity contribution in [3.05, 3.63) is 130 Å². The van der Waals surface area contributed by atoms with Crippen LogP contribution in [0.15, 0.2) is 103 Å². The summed E-state index contributed by atoms with van der Waals surface area (Å²) < 4.78 is 1.33. The number of hydrogen-bond acceptors (Lipinski definition) is 1. The van der Waals surface area contributed by atoms with Crippen molar-refractivity contribution in [2.24, 2.45) is 0 Å². The Kier molecular flexibility index (Phi) is 3.71. The number of fused-ring (bicyclic) bond motifs is 5. The van der Waals surface area contributed by atoms with Gasteiger partial charge in [-0.25, -0.2) is 0 Å². The molecule has 0 fully saturated rings. The van der Waals surface area contributed by atoms with Gasteiger partial charge in [0, 0.05) is 14.6 Å². The lowest BCUT2D eigenvalue weighted by Crippen LogP contribution is -2.28. The van der Waals surface area contributed by atoms with Gasteiger partial charge < -0.3 is 0 Å². The molecule has 6 rings (SSSR count). The molecule has 1 heterocycles. The van der Waals surface area contributed by atoms with Crippen LogP contribution in [0.3, 0.4) is 0 Å². The van der Waals surface area contributed by atoms with Gasteiger partial charge in [0.15, 0.2) is 0 Å². The highest BCUT2D eigenvalue weighted by Crippen LogP contribution is 2.61. The maximum Gasteiger partial charge on any atom is 0.0728 e. The Bertz CT molecular complexity index is 1310. The van der Waals surface area contributed by atoms with Gasteiger partial charge in [-0.2, -0.15) is 0 Å². The minimum absolute atomic E-state index is 0.377. The van der Waals surface area contributed by atoms with E-state index in [9.17, 15) is 0 Å². The average molecular weight is 409 g/mol. The standard InChI is InChI=1S/C27H17ClS/c28-20-15-16-21-23(17-20)27(18-9-3-1-4-10-18,19-11-5-2-6-12-19)25-22-13-7-8-14-24(22)29-26(21)25/h1-17H. The molecule has 0 bridgehead atoms. The van der Waals surface area contributed by atoms with Gasteiger partial charge in [-0.3, -0.25) is 0 Å². The summed E-state index contributed by atoms with van der Waals surface area (Å²) in [6.45, 7) is 0. The second-order valence-electron chi connectivity index (χ2n) is 7.47. The van der Waals surface area contributed by atoms with Crippen LogP contribution in [0.4, 0.5) is 0 Å². The van der Waals surface area contributed by atoms with Crippen molar-refractivity contribution in [1.29, 1.82) is 0 Å². The van der Waals surface area contributed by atoms with E-state index in [2.05, 4.69) is 97.1 Å². The lowest BCUT2D eigenvalue weighted by Gasteiger charge is -2.33. The van der Waals surface area contributed by atoms with Crippen molar-refractivity contribution in [3.8, 4) is 10.4 Å². The number of benzene rings is 4. The summed E-state index contributed by atoms with van der Waals surface area (Å²) >= 11 is 8.44. The molecule has 0 saturated carbocycles. The maximum atomic E-state index is 6.56. The molecule has 0 N–H and O–H groups in total. The third-order valence-corrected chi connectivity index (χ3v) is 7.45. The topological polar surface area (TPSA) is 0 Å². The largest absolute Gasteiger partial charge is 0.135 e. The molecular weight excluding hydrogens is 392 g/mol. The fraction of sp³-hybridized carbons (Fsp3) is 0.0370. The molecule has 4 aromatic carbocycles. The van der Waals surface area contributed by atoms with E-state index in [1.807, 2.05) is 17.4 Å². The predicted octanol–water partition coefficient (Wildman–Crippen LogP) is 7.92. The third kappa shape index (κ3) is 2.26. The van der Waals surface area contributed by atoms with E-state index in [-0.39, 0.29) is 5.41 Å². The zero-order chi connectivity index (χ0) is 19.4. The molecule has 0 radical (unpaired) electrons. The molecule has 0 atom stereocenters. The first-order valence-electron chi connectivity index (χ1n) is 9.73. The van der Waals surface area contributed by atoms with E-state index >= 15 is 0 Å². The highest BCUT2D eigenvalue weighted by atomic mass is 35.5. The predicted molar refractivity (Wildman–Crippen MR) is 124 cm³/mol. The fourth-order valence-electron chi connectivity index (χ4n) is 4.91. The number of halogens is 1. The second-order valence-corrected chi connectivity index (χ2v) is 8.96. The first-order valence-corrected chi connectivity index (χ1v) is 10.9. The summed E-state index contributed by atoms with van der Waals surface area (Å²) in [5.41, 5.74) is 6.12. The Labute approximate surface area is 179 Å². The highest BCUT2D eigenvalue weighted by Gasteiger charge is 2.48. The first kappa shape index (κ1) is 17.0. The maximum absolute atomic E-state index is 6.56. The number of rotatable bonds is 2. The van der Waals surface area contributed by atoms with Gasteiger partial charge in [-0.05, 0) is 51.4 Å². The zero-order valence-electron chi connectivity index (χ0n) is 15.6. The Hall–Kier alpha value is -2.87. The van der Waals surface area contributed by atoms with Crippen LogP contribution in [-0.4, -0.2) is 0 Å². The van der Waals surface area contributed by atoms with E-state index in [1.54, 1.807) is 0 Å². The molecule has 5 aromatic rings. The van der Waals surface area contributed by atoms with Crippen LogP contribution in [0.5, 0.6) is 0 Å². The normalized spacial score (nSPS) is 14.0. The summed E-state index contributed by atoms with van der Waals surface area (Å²) in [6, 6.07) is 36.9. The average Bonchev–Trinajstić information content (AvgIpc) is 3.28. The quantitative estimate of drug-likeness (QED) is 0.273. The van der Waals surface area contributed by atoms with Gasteiger partial charge in [-0.15, -0.1) is 11.3 Å². The molecule has 0 saturated heterocycles. The van der Waals surface area contributed by atoms with Crippen molar-refractivity contribution >= 4 is 33.0 Å². The van der Waals surface area contributed by atoms with E-state index in [4.69, 9.17) is 11.6 Å². The lowest BCUT2D eigenvalue weighted by atomic mass is 9.67. The van der Waals surface area contributed by atoms with Crippen LogP contribution >= 0.6 is 22.9 Å². The summed E-state index contributed by atoms with van der Waals surface area (Å²) in [7, 11) is 0. The molecule has 0 spiro atoms. The molecule has 0 nitrogen and oxygen atoms in total. The second kappa shape index (κ2) is 6.32. The van der Waals surface area contributed by atoms with Gasteiger partial charge in [0.05, 0.1) is 5.41 Å². The molecule has 0 amide bonds. The Morgan fingerprint density at radius 2 is 1.28 bits per heavy atom. The molecule has 0 unspecified atom stereocenters. The van der Waals surface area contributed by atoms with Crippen LogP contribution in [0.25, 0.3) is 20.5 Å². The fourth-order valence-corrected chi connectivity index (χ4v) is 6.38. The van der Waals surface area contributed by atoms with Crippen LogP contribution in [0.2, 0.25) is 5.02 Å². The molecule has 1 aliphatic rings. The van der Waals surface area contributed by atoms with Crippen molar-refractivity contribution in [2.75, 3.05) is 0 Å². The molecular formula is C27H17ClS. The Morgan fingerprint density at radius 1 is 0.655 bits per heavy atom. The summed E-state index contributed by atoms with van der Waals surface area (Å²) in [5, 5.41) is 2.10. The molecule has 138 valence electrons. The number of thiophene rings is 1. The molecule has 2 heteroatoms. The first-order chi connectivity index (χ1) is 14.3. The van der Waals surface area contributed by atoms with E-state index in [0.29, 0.717) is 0 Å². The summed E-state index contributed by atoms with van der Waals surface area (Å²) in [4.78, 5) is 1.35. The molecule has 29 heavy (non-hydrogen) atoms. The SMILES string of the molecule is Clc1ccc2c(c1)C(c1ccccc1)(c1ccccc1)c1c-2sc2ccccc12. The zero-order valence-corrected chi connectivity index (χ0v) is 17.2. The van der Waals surface area contributed by atoms with Gasteiger partial charge in [0.25, 0.3) is 0 Å². The monoisotopic (exact) mass is 408 g/mol. The Morgan fingerprint density at radius 3 is 1.97 bits per heavy atom. The van der Waals surface area contributed by atoms with Gasteiger partial charge >= 0.3 is 0 Å². The van der Waals surface area contributed by atoms with Gasteiger partial charge in [-0.1, -0.05) is 96.5 Å². The minimum atomic E-state index is -0.377. The Balaban J connectivity index is 1.87. The molecule has 1 aliphatic carbocycles. The van der Waals surface area contributed by atoms with Crippen molar-refractivity contribution in [3.63, 3.8) is 0 Å². The lowest BCUT2D eigenvalue weighted by molar-refractivity contribution is 0.776. The van der Waals surface area contributed by atoms with Crippen molar-refractivity contribution in [1.82, 2.24) is 0 Å². The van der Waals surface area contributed by atoms with Crippen LogP contribution in [-0.2, 0) is 5.41 Å². The molecule has 1 aromatic heterocycles. The third-order valence-electron chi connectivity index (χ3n) is 6.01.